The molecular weight excluding hydrogens is 416 g/mol. The average molecular weight is 439 g/mol. The molecule has 1 aliphatic rings. The number of nitrogens with zero attached hydrogens (tertiary/aromatic N) is 2. The van der Waals surface area contributed by atoms with Crippen molar-refractivity contribution in [1.29, 1.82) is 0 Å². The van der Waals surface area contributed by atoms with Gasteiger partial charge in [-0.2, -0.15) is 5.10 Å². The molecule has 1 aromatic heterocycles. The van der Waals surface area contributed by atoms with Crippen molar-refractivity contribution in [2.24, 2.45) is 0 Å². The van der Waals surface area contributed by atoms with Crippen LogP contribution in [0.25, 0.3) is 11.3 Å². The summed E-state index contributed by atoms with van der Waals surface area (Å²) in [4.78, 5) is 26.5. The van der Waals surface area contributed by atoms with Crippen molar-refractivity contribution >= 4 is 17.5 Å². The number of anilines is 1. The smallest absolute Gasteiger partial charge is 0.269 e. The van der Waals surface area contributed by atoms with Crippen LogP contribution in [0.15, 0.2) is 54.6 Å². The van der Waals surface area contributed by atoms with Crippen molar-refractivity contribution in [2.75, 3.05) is 25.0 Å². The van der Waals surface area contributed by atoms with E-state index in [-0.39, 0.29) is 29.9 Å². The monoisotopic (exact) mass is 439 g/mol. The van der Waals surface area contributed by atoms with Crippen LogP contribution in [-0.2, 0) is 4.79 Å². The number of aromatic amines is 1. The van der Waals surface area contributed by atoms with Crippen LogP contribution in [0.5, 0.6) is 0 Å². The molecule has 1 aliphatic heterocycles. The Kier molecular flexibility index (Phi) is 6.44. The van der Waals surface area contributed by atoms with Crippen molar-refractivity contribution in [1.82, 2.24) is 20.4 Å². The van der Waals surface area contributed by atoms with Crippen molar-refractivity contribution < 1.29 is 18.4 Å². The molecule has 0 aliphatic carbocycles. The van der Waals surface area contributed by atoms with Gasteiger partial charge >= 0.3 is 0 Å². The van der Waals surface area contributed by atoms with Crippen molar-refractivity contribution in [3.8, 4) is 11.3 Å². The summed E-state index contributed by atoms with van der Waals surface area (Å²) in [5.41, 5.74) is 2.06. The molecule has 0 radical (unpaired) electrons. The van der Waals surface area contributed by atoms with Crippen molar-refractivity contribution in [3.05, 3.63) is 71.9 Å². The second-order valence-corrected chi connectivity index (χ2v) is 7.64. The van der Waals surface area contributed by atoms with Crippen LogP contribution in [0.1, 0.15) is 23.3 Å². The van der Waals surface area contributed by atoms with Crippen molar-refractivity contribution in [2.45, 2.75) is 18.9 Å². The second kappa shape index (κ2) is 9.59. The van der Waals surface area contributed by atoms with Gasteiger partial charge in [-0.25, -0.2) is 8.78 Å². The zero-order valence-corrected chi connectivity index (χ0v) is 17.3. The van der Waals surface area contributed by atoms with Gasteiger partial charge in [-0.15, -0.1) is 0 Å². The minimum absolute atomic E-state index is 0.0185. The van der Waals surface area contributed by atoms with Gasteiger partial charge in [-0.1, -0.05) is 30.3 Å². The first-order valence-corrected chi connectivity index (χ1v) is 10.4. The number of hydrogen-bond donors (Lipinski definition) is 3. The van der Waals surface area contributed by atoms with Gasteiger partial charge in [0.2, 0.25) is 5.91 Å². The van der Waals surface area contributed by atoms with Gasteiger partial charge in [0.15, 0.2) is 0 Å². The van der Waals surface area contributed by atoms with Crippen LogP contribution in [0, 0.1) is 11.6 Å². The number of halogens is 2. The van der Waals surface area contributed by atoms with E-state index in [1.165, 1.54) is 12.1 Å². The third kappa shape index (κ3) is 5.11. The number of aromatic nitrogens is 2. The highest BCUT2D eigenvalue weighted by Crippen LogP contribution is 2.20. The van der Waals surface area contributed by atoms with Gasteiger partial charge in [0.05, 0.1) is 17.9 Å². The number of amides is 2. The van der Waals surface area contributed by atoms with E-state index in [1.807, 2.05) is 30.3 Å². The van der Waals surface area contributed by atoms with E-state index < -0.39 is 17.5 Å². The molecule has 0 atom stereocenters. The molecule has 0 unspecified atom stereocenters. The maximum Gasteiger partial charge on any atom is 0.269 e. The molecule has 0 spiro atoms. The van der Waals surface area contributed by atoms with Crippen molar-refractivity contribution in [3.63, 3.8) is 0 Å². The highest BCUT2D eigenvalue weighted by Gasteiger charge is 2.24. The summed E-state index contributed by atoms with van der Waals surface area (Å²) in [6.45, 7) is 0.845. The molecular formula is C23H23F2N5O2. The summed E-state index contributed by atoms with van der Waals surface area (Å²) in [6.07, 6.45) is 1.25. The lowest BCUT2D eigenvalue weighted by Gasteiger charge is -2.33. The molecule has 1 fully saturated rings. The largest absolute Gasteiger partial charge is 0.380 e. The summed E-state index contributed by atoms with van der Waals surface area (Å²) in [5.74, 6) is -1.86. The van der Waals surface area contributed by atoms with Gasteiger partial charge in [0, 0.05) is 30.8 Å². The highest BCUT2D eigenvalue weighted by atomic mass is 19.1. The molecule has 1 saturated heterocycles. The van der Waals surface area contributed by atoms with Gasteiger partial charge in [-0.05, 0) is 31.0 Å². The summed E-state index contributed by atoms with van der Waals surface area (Å²) >= 11 is 0. The topological polar surface area (TPSA) is 90.1 Å². The zero-order valence-electron chi connectivity index (χ0n) is 17.3. The molecule has 0 bridgehead atoms. The van der Waals surface area contributed by atoms with Gasteiger partial charge in [-0.3, -0.25) is 14.7 Å². The van der Waals surface area contributed by atoms with Gasteiger partial charge < -0.3 is 15.5 Å². The molecule has 9 heteroatoms. The number of likely N-dealkylation sites (tertiary alicyclic amines) is 1. The van der Waals surface area contributed by atoms with E-state index in [2.05, 4.69) is 20.8 Å². The average Bonchev–Trinajstić information content (AvgIpc) is 3.31. The SMILES string of the molecule is O=C(NCC(=O)N1CCC(Nc2ccc(F)cc2F)CC1)c1cc(-c2ccccc2)n[nH]1. The Morgan fingerprint density at radius 3 is 2.53 bits per heavy atom. The maximum atomic E-state index is 13.8. The minimum Gasteiger partial charge on any atom is -0.380 e. The molecule has 3 N–H and O–H groups in total. The van der Waals surface area contributed by atoms with Gasteiger partial charge in [0.1, 0.15) is 17.3 Å². The fourth-order valence-corrected chi connectivity index (χ4v) is 3.66. The number of benzene rings is 2. The summed E-state index contributed by atoms with van der Waals surface area (Å²) in [5, 5.41) is 12.5. The Labute approximate surface area is 183 Å². The fourth-order valence-electron chi connectivity index (χ4n) is 3.66. The molecule has 2 amide bonds. The number of carbonyl (C=O) groups is 2. The number of hydrogen-bond acceptors (Lipinski definition) is 4. The standard InChI is InChI=1S/C23H23F2N5O2/c24-16-6-7-19(18(25)12-16)27-17-8-10-30(11-9-17)22(31)14-26-23(32)21-13-20(28-29-21)15-4-2-1-3-5-15/h1-7,12-13,17,27H,8-11,14H2,(H,26,32)(H,28,29). The Morgan fingerprint density at radius 1 is 1.06 bits per heavy atom. The summed E-state index contributed by atoms with van der Waals surface area (Å²) < 4.78 is 26.8. The molecule has 2 heterocycles. The quantitative estimate of drug-likeness (QED) is 0.550. The van der Waals surface area contributed by atoms with Crippen LogP contribution in [0.2, 0.25) is 0 Å². The number of piperidine rings is 1. The normalized spacial score (nSPS) is 14.2. The highest BCUT2D eigenvalue weighted by molar-refractivity contribution is 5.95. The Bertz CT molecular complexity index is 1090. The Balaban J connectivity index is 1.24. The number of carbonyl (C=O) groups excluding carboxylic acids is 2. The van der Waals surface area contributed by atoms with E-state index >= 15 is 0 Å². The lowest BCUT2D eigenvalue weighted by atomic mass is 10.0. The molecule has 3 aromatic rings. The minimum atomic E-state index is -0.638. The first kappa shape index (κ1) is 21.5. The second-order valence-electron chi connectivity index (χ2n) is 7.64. The lowest BCUT2D eigenvalue weighted by Crippen LogP contribution is -2.46. The first-order chi connectivity index (χ1) is 15.5. The number of rotatable bonds is 6. The molecule has 166 valence electrons. The first-order valence-electron chi connectivity index (χ1n) is 10.4. The van der Waals surface area contributed by atoms with E-state index in [1.54, 1.807) is 11.0 Å². The lowest BCUT2D eigenvalue weighted by molar-refractivity contribution is -0.131. The van der Waals surface area contributed by atoms with E-state index in [0.717, 1.165) is 11.6 Å². The summed E-state index contributed by atoms with van der Waals surface area (Å²) in [7, 11) is 0. The zero-order chi connectivity index (χ0) is 22.5. The van der Waals surface area contributed by atoms with E-state index in [0.29, 0.717) is 31.6 Å². The van der Waals surface area contributed by atoms with E-state index in [4.69, 9.17) is 0 Å². The van der Waals surface area contributed by atoms with Crippen LogP contribution in [-0.4, -0.2) is 52.6 Å². The third-order valence-corrected chi connectivity index (χ3v) is 5.43. The molecule has 7 nitrogen and oxygen atoms in total. The molecule has 2 aromatic carbocycles. The van der Waals surface area contributed by atoms with Crippen LogP contribution in [0.3, 0.4) is 0 Å². The van der Waals surface area contributed by atoms with Crippen LogP contribution in [0.4, 0.5) is 14.5 Å². The molecule has 0 saturated carbocycles. The summed E-state index contributed by atoms with van der Waals surface area (Å²) in [6, 6.07) is 14.5. The third-order valence-electron chi connectivity index (χ3n) is 5.43. The predicted octanol–water partition coefficient (Wildman–Crippen LogP) is 3.19. The maximum absolute atomic E-state index is 13.8. The Hall–Kier alpha value is -3.75. The molecule has 4 rings (SSSR count). The number of nitrogens with one attached hydrogen (secondary N) is 3. The predicted molar refractivity (Wildman–Crippen MR) is 116 cm³/mol. The Morgan fingerprint density at radius 2 is 1.81 bits per heavy atom. The molecule has 32 heavy (non-hydrogen) atoms. The van der Waals surface area contributed by atoms with Crippen LogP contribution < -0.4 is 10.6 Å². The number of H-pyrrole nitrogens is 1. The fraction of sp³-hybridized carbons (Fsp3) is 0.261. The van der Waals surface area contributed by atoms with E-state index in [9.17, 15) is 18.4 Å². The van der Waals surface area contributed by atoms with Crippen LogP contribution >= 0.6 is 0 Å². The van der Waals surface area contributed by atoms with Gasteiger partial charge in [0.25, 0.3) is 5.91 Å².